The van der Waals surface area contributed by atoms with Crippen molar-refractivity contribution in [2.45, 2.75) is 44.6 Å². The van der Waals surface area contributed by atoms with Gasteiger partial charge in [0.05, 0.1) is 22.3 Å². The van der Waals surface area contributed by atoms with E-state index in [1.54, 1.807) is 6.92 Å². The van der Waals surface area contributed by atoms with E-state index in [4.69, 9.17) is 11.6 Å². The van der Waals surface area contributed by atoms with Gasteiger partial charge in [0, 0.05) is 29.0 Å². The molecule has 3 aromatic rings. The van der Waals surface area contributed by atoms with E-state index in [-0.39, 0.29) is 17.4 Å². The van der Waals surface area contributed by atoms with Crippen LogP contribution in [0.25, 0.3) is 0 Å². The highest BCUT2D eigenvalue weighted by Crippen LogP contribution is 2.40. The highest BCUT2D eigenvalue weighted by molar-refractivity contribution is 7.92. The van der Waals surface area contributed by atoms with E-state index in [2.05, 4.69) is 4.98 Å². The molecule has 2 aromatic carbocycles. The predicted molar refractivity (Wildman–Crippen MR) is 127 cm³/mol. The van der Waals surface area contributed by atoms with E-state index in [1.165, 1.54) is 35.6 Å². The Morgan fingerprint density at radius 3 is 2.42 bits per heavy atom. The first-order valence-corrected chi connectivity index (χ1v) is 13.0. The van der Waals surface area contributed by atoms with Gasteiger partial charge < -0.3 is 5.11 Å². The number of benzene rings is 2. The molecule has 33 heavy (non-hydrogen) atoms. The van der Waals surface area contributed by atoms with Crippen molar-refractivity contribution in [2.75, 3.05) is 10.9 Å². The van der Waals surface area contributed by atoms with Crippen molar-refractivity contribution >= 4 is 38.6 Å². The first kappa shape index (κ1) is 25.6. The number of aromatic nitrogens is 1. The van der Waals surface area contributed by atoms with Crippen LogP contribution in [0.1, 0.15) is 41.9 Å². The van der Waals surface area contributed by atoms with Crippen LogP contribution in [0.3, 0.4) is 0 Å². The van der Waals surface area contributed by atoms with Crippen LogP contribution in [0.4, 0.5) is 14.5 Å². The molecule has 0 amide bonds. The van der Waals surface area contributed by atoms with Crippen LogP contribution in [0.5, 0.6) is 0 Å². The number of anilines is 1. The molecule has 1 atom stereocenters. The lowest BCUT2D eigenvalue weighted by molar-refractivity contribution is 0.300. The minimum atomic E-state index is -4.33. The molecule has 0 spiro atoms. The monoisotopic (exact) mass is 514 g/mol. The summed E-state index contributed by atoms with van der Waals surface area (Å²) in [6, 6.07) is 7.36. The zero-order valence-electron chi connectivity index (χ0n) is 18.4. The predicted octanol–water partition coefficient (Wildman–Crippen LogP) is 5.90. The van der Waals surface area contributed by atoms with Crippen molar-refractivity contribution in [1.29, 1.82) is 0 Å². The highest BCUT2D eigenvalue weighted by atomic mass is 35.5. The molecule has 0 radical (unpaired) electrons. The molecule has 3 rings (SSSR count). The summed E-state index contributed by atoms with van der Waals surface area (Å²) in [5.41, 5.74) is 0.272. The number of nitrogens with zero attached hydrogens (tertiary/aromatic N) is 2. The average Bonchev–Trinajstić information content (AvgIpc) is 3.10. The fourth-order valence-corrected chi connectivity index (χ4v) is 6.49. The number of halogens is 3. The third-order valence-electron chi connectivity index (χ3n) is 5.03. The summed E-state index contributed by atoms with van der Waals surface area (Å²) >= 11 is 7.20. The highest BCUT2D eigenvalue weighted by Gasteiger charge is 2.37. The van der Waals surface area contributed by atoms with Crippen LogP contribution < -0.4 is 4.31 Å². The lowest BCUT2D eigenvalue weighted by atomic mass is 10.0. The minimum Gasteiger partial charge on any atom is -0.396 e. The van der Waals surface area contributed by atoms with Gasteiger partial charge in [0.2, 0.25) is 0 Å². The Kier molecular flexibility index (Phi) is 8.10. The van der Waals surface area contributed by atoms with Crippen molar-refractivity contribution in [1.82, 2.24) is 4.98 Å². The molecule has 178 valence electrons. The maximum atomic E-state index is 15.0. The number of hydrogen-bond acceptors (Lipinski definition) is 5. The number of sulfonamides is 1. The third-order valence-corrected chi connectivity index (χ3v) is 8.43. The zero-order valence-corrected chi connectivity index (χ0v) is 20.8. The number of rotatable bonds is 9. The molecular weight excluding hydrogens is 490 g/mol. The van der Waals surface area contributed by atoms with Gasteiger partial charge >= 0.3 is 0 Å². The molecule has 0 saturated carbocycles. The summed E-state index contributed by atoms with van der Waals surface area (Å²) in [5, 5.41) is 10.2. The van der Waals surface area contributed by atoms with Gasteiger partial charge in [0.1, 0.15) is 16.6 Å². The first-order chi connectivity index (χ1) is 15.5. The van der Waals surface area contributed by atoms with Crippen molar-refractivity contribution < 1.29 is 22.3 Å². The molecule has 0 saturated heterocycles. The van der Waals surface area contributed by atoms with Gasteiger partial charge in [-0.05, 0) is 55.7 Å². The Morgan fingerprint density at radius 2 is 1.82 bits per heavy atom. The Hall–Kier alpha value is -2.07. The minimum absolute atomic E-state index is 0.0139. The summed E-state index contributed by atoms with van der Waals surface area (Å²) in [4.78, 5) is 5.27. The molecule has 0 fully saturated rings. The smallest absolute Gasteiger partial charge is 0.265 e. The second-order valence-corrected chi connectivity index (χ2v) is 11.4. The van der Waals surface area contributed by atoms with Gasteiger partial charge in [-0.15, -0.1) is 11.3 Å². The van der Waals surface area contributed by atoms with Crippen LogP contribution in [0.2, 0.25) is 5.02 Å². The zero-order chi connectivity index (χ0) is 24.3. The van der Waals surface area contributed by atoms with E-state index in [0.29, 0.717) is 28.6 Å². The second-order valence-electron chi connectivity index (χ2n) is 8.03. The van der Waals surface area contributed by atoms with E-state index < -0.39 is 33.4 Å². The second kappa shape index (κ2) is 10.5. The Morgan fingerprint density at radius 1 is 1.15 bits per heavy atom. The topological polar surface area (TPSA) is 70.5 Å². The van der Waals surface area contributed by atoms with Crippen LogP contribution in [-0.4, -0.2) is 25.1 Å². The number of aliphatic hydroxyl groups is 1. The van der Waals surface area contributed by atoms with Crippen LogP contribution >= 0.6 is 22.9 Å². The lowest BCUT2D eigenvalue weighted by Gasteiger charge is -2.33. The molecule has 0 aliphatic carbocycles. The molecule has 0 aliphatic heterocycles. The maximum absolute atomic E-state index is 15.0. The largest absolute Gasteiger partial charge is 0.396 e. The summed E-state index contributed by atoms with van der Waals surface area (Å²) in [7, 11) is -4.33. The Bertz CT molecular complexity index is 1210. The maximum Gasteiger partial charge on any atom is 0.265 e. The average molecular weight is 515 g/mol. The standard InChI is InChI=1S/C23H25ClF2N2O3S2/c1-14(2)12-21(23-27-15(3)22(32-23)10-11-29)28(20-13-17(25)6-9-19(20)26)33(30,31)18-7-4-16(24)5-8-18/h4-9,13-14,21,29H,10-12H2,1-3H3. The molecule has 1 unspecified atom stereocenters. The fraction of sp³-hybridized carbons (Fsp3) is 0.348. The van der Waals surface area contributed by atoms with Crippen LogP contribution in [0.15, 0.2) is 47.4 Å². The van der Waals surface area contributed by atoms with Gasteiger partial charge in [0.25, 0.3) is 10.0 Å². The number of thiazole rings is 1. The third kappa shape index (κ3) is 5.71. The van der Waals surface area contributed by atoms with E-state index in [9.17, 15) is 17.9 Å². The van der Waals surface area contributed by atoms with Gasteiger partial charge in [-0.3, -0.25) is 4.31 Å². The molecule has 0 bridgehead atoms. The molecular formula is C23H25ClF2N2O3S2. The first-order valence-electron chi connectivity index (χ1n) is 10.4. The van der Waals surface area contributed by atoms with Crippen molar-refractivity contribution in [3.8, 4) is 0 Å². The molecule has 0 aliphatic rings. The summed E-state index contributed by atoms with van der Waals surface area (Å²) < 4.78 is 57.8. The van der Waals surface area contributed by atoms with E-state index in [1.807, 2.05) is 13.8 Å². The Labute approximate surface area is 201 Å². The van der Waals surface area contributed by atoms with Crippen LogP contribution in [-0.2, 0) is 16.4 Å². The van der Waals surface area contributed by atoms with Gasteiger partial charge in [-0.2, -0.15) is 0 Å². The molecule has 5 nitrogen and oxygen atoms in total. The molecule has 10 heteroatoms. The van der Waals surface area contributed by atoms with Gasteiger partial charge in [0.15, 0.2) is 0 Å². The summed E-state index contributed by atoms with van der Waals surface area (Å²) in [6.07, 6.45) is 0.685. The number of hydrogen-bond donors (Lipinski definition) is 1. The fourth-order valence-electron chi connectivity index (χ4n) is 3.51. The SMILES string of the molecule is Cc1nc(C(CC(C)C)N(c2cc(F)ccc2F)S(=O)(=O)c2ccc(Cl)cc2)sc1CCO. The molecule has 1 heterocycles. The van der Waals surface area contributed by atoms with E-state index >= 15 is 4.39 Å². The summed E-state index contributed by atoms with van der Waals surface area (Å²) in [5.74, 6) is -1.62. The van der Waals surface area contributed by atoms with Crippen LogP contribution in [0, 0.1) is 24.5 Å². The number of aliphatic hydroxyl groups excluding tert-OH is 1. The molecule has 1 N–H and O–H groups in total. The van der Waals surface area contributed by atoms with Gasteiger partial charge in [-0.1, -0.05) is 25.4 Å². The molecule has 1 aromatic heterocycles. The number of aryl methyl sites for hydroxylation is 1. The Balaban J connectivity index is 2.28. The van der Waals surface area contributed by atoms with E-state index in [0.717, 1.165) is 27.4 Å². The van der Waals surface area contributed by atoms with Gasteiger partial charge in [-0.25, -0.2) is 22.2 Å². The normalized spacial score (nSPS) is 12.8. The quantitative estimate of drug-likeness (QED) is 0.386. The van der Waals surface area contributed by atoms with Crippen molar-refractivity contribution in [3.63, 3.8) is 0 Å². The summed E-state index contributed by atoms with van der Waals surface area (Å²) in [6.45, 7) is 5.52. The lowest BCUT2D eigenvalue weighted by Crippen LogP contribution is -2.36. The van der Waals surface area contributed by atoms with Crippen molar-refractivity contribution in [2.24, 2.45) is 5.92 Å². The van der Waals surface area contributed by atoms with Crippen molar-refractivity contribution in [3.05, 3.63) is 74.7 Å².